The second-order valence-electron chi connectivity index (χ2n) is 7.43. The number of carbonyl (C=O) groups is 2. The van der Waals surface area contributed by atoms with E-state index in [0.717, 1.165) is 15.7 Å². The van der Waals surface area contributed by atoms with Crippen molar-refractivity contribution in [2.24, 2.45) is 0 Å². The minimum Gasteiger partial charge on any atom is -0.488 e. The third kappa shape index (κ3) is 3.59. The molecule has 0 aliphatic carbocycles. The molecule has 4 rings (SSSR count). The van der Waals surface area contributed by atoms with Gasteiger partial charge in [0.2, 0.25) is 0 Å². The SMILES string of the molecule is C[C@@]1(c2ccc3ccccc3c2)NC(=O)N(C[C@@H](O)COc2ccccc2F)C1=O. The summed E-state index contributed by atoms with van der Waals surface area (Å²) in [5.74, 6) is -1.02. The van der Waals surface area contributed by atoms with Gasteiger partial charge in [-0.15, -0.1) is 0 Å². The van der Waals surface area contributed by atoms with Crippen molar-refractivity contribution in [2.45, 2.75) is 18.6 Å². The van der Waals surface area contributed by atoms with Crippen molar-refractivity contribution in [3.8, 4) is 5.75 Å². The van der Waals surface area contributed by atoms with Crippen LogP contribution in [0.3, 0.4) is 0 Å². The van der Waals surface area contributed by atoms with Crippen LogP contribution in [0.4, 0.5) is 9.18 Å². The van der Waals surface area contributed by atoms with Gasteiger partial charge in [0.05, 0.1) is 6.54 Å². The van der Waals surface area contributed by atoms with Crippen LogP contribution in [0.1, 0.15) is 12.5 Å². The number of hydrogen-bond donors (Lipinski definition) is 2. The summed E-state index contributed by atoms with van der Waals surface area (Å²) in [6.45, 7) is 1.12. The molecule has 1 heterocycles. The Labute approximate surface area is 172 Å². The van der Waals surface area contributed by atoms with E-state index < -0.39 is 29.4 Å². The highest BCUT2D eigenvalue weighted by Gasteiger charge is 2.49. The molecule has 1 saturated heterocycles. The highest BCUT2D eigenvalue weighted by Crippen LogP contribution is 2.31. The zero-order valence-corrected chi connectivity index (χ0v) is 16.3. The number of rotatable bonds is 6. The van der Waals surface area contributed by atoms with Crippen molar-refractivity contribution < 1.29 is 23.8 Å². The van der Waals surface area contributed by atoms with Gasteiger partial charge in [0, 0.05) is 0 Å². The third-order valence-electron chi connectivity index (χ3n) is 5.26. The third-order valence-corrected chi connectivity index (χ3v) is 5.26. The first-order valence-electron chi connectivity index (χ1n) is 9.57. The number of halogens is 1. The largest absolute Gasteiger partial charge is 0.488 e. The van der Waals surface area contributed by atoms with Crippen LogP contribution in [0.25, 0.3) is 10.8 Å². The lowest BCUT2D eigenvalue weighted by molar-refractivity contribution is -0.132. The Morgan fingerprint density at radius 2 is 1.77 bits per heavy atom. The fourth-order valence-corrected chi connectivity index (χ4v) is 3.57. The van der Waals surface area contributed by atoms with Crippen LogP contribution < -0.4 is 10.1 Å². The fourth-order valence-electron chi connectivity index (χ4n) is 3.57. The molecule has 154 valence electrons. The number of imide groups is 1. The minimum atomic E-state index is -1.24. The van der Waals surface area contributed by atoms with Crippen LogP contribution >= 0.6 is 0 Å². The number of benzene rings is 3. The van der Waals surface area contributed by atoms with Crippen molar-refractivity contribution in [1.82, 2.24) is 10.2 Å². The average Bonchev–Trinajstić information content (AvgIpc) is 2.96. The van der Waals surface area contributed by atoms with E-state index in [0.29, 0.717) is 5.56 Å². The molecule has 3 aromatic carbocycles. The van der Waals surface area contributed by atoms with E-state index in [4.69, 9.17) is 4.74 Å². The molecule has 2 atom stereocenters. The Bertz CT molecular complexity index is 1120. The smallest absolute Gasteiger partial charge is 0.325 e. The molecule has 0 saturated carbocycles. The summed E-state index contributed by atoms with van der Waals surface area (Å²) < 4.78 is 18.9. The molecule has 0 aromatic heterocycles. The van der Waals surface area contributed by atoms with Gasteiger partial charge in [-0.3, -0.25) is 9.69 Å². The second-order valence-corrected chi connectivity index (χ2v) is 7.43. The van der Waals surface area contributed by atoms with Gasteiger partial charge in [0.1, 0.15) is 18.2 Å². The molecule has 1 fully saturated rings. The molecule has 0 radical (unpaired) electrons. The lowest BCUT2D eigenvalue weighted by Gasteiger charge is -2.23. The standard InChI is InChI=1S/C23H21FN2O4/c1-23(17-11-10-15-6-2-3-7-16(15)12-17)21(28)26(22(29)25-23)13-18(27)14-30-20-9-5-4-8-19(20)24/h2-12,18,27H,13-14H2,1H3,(H,25,29)/t18-,23+/m1/s1. The molecule has 0 bridgehead atoms. The number of nitrogens with one attached hydrogen (secondary N) is 1. The predicted octanol–water partition coefficient (Wildman–Crippen LogP) is 3.19. The lowest BCUT2D eigenvalue weighted by Crippen LogP contribution is -2.42. The molecule has 0 spiro atoms. The van der Waals surface area contributed by atoms with Crippen LogP contribution in [0.5, 0.6) is 5.75 Å². The predicted molar refractivity (Wildman–Crippen MR) is 109 cm³/mol. The molecule has 6 nitrogen and oxygen atoms in total. The number of hydrogen-bond acceptors (Lipinski definition) is 4. The molecule has 0 unspecified atom stereocenters. The van der Waals surface area contributed by atoms with E-state index in [1.807, 2.05) is 42.5 Å². The fraction of sp³-hybridized carbons (Fsp3) is 0.217. The summed E-state index contributed by atoms with van der Waals surface area (Å²) in [5.41, 5.74) is -0.591. The molecular weight excluding hydrogens is 387 g/mol. The number of urea groups is 1. The van der Waals surface area contributed by atoms with Crippen LogP contribution in [0.2, 0.25) is 0 Å². The van der Waals surface area contributed by atoms with Crippen molar-refractivity contribution >= 4 is 22.7 Å². The van der Waals surface area contributed by atoms with Gasteiger partial charge in [-0.25, -0.2) is 9.18 Å². The Balaban J connectivity index is 1.48. The quantitative estimate of drug-likeness (QED) is 0.614. The van der Waals surface area contributed by atoms with Crippen LogP contribution in [-0.4, -0.2) is 41.2 Å². The number of nitrogens with zero attached hydrogens (tertiary/aromatic N) is 1. The number of β-amino-alcohol motifs (C(OH)–C–C–N with tert-alkyl or cyclic N) is 1. The van der Waals surface area contributed by atoms with Gasteiger partial charge < -0.3 is 15.2 Å². The van der Waals surface area contributed by atoms with E-state index in [-0.39, 0.29) is 18.9 Å². The second kappa shape index (κ2) is 7.76. The first kappa shape index (κ1) is 19.8. The maximum absolute atomic E-state index is 13.6. The summed E-state index contributed by atoms with van der Waals surface area (Å²) in [6, 6.07) is 18.5. The van der Waals surface area contributed by atoms with Gasteiger partial charge in [0.15, 0.2) is 11.6 Å². The Morgan fingerprint density at radius 3 is 2.53 bits per heavy atom. The number of ether oxygens (including phenoxy) is 1. The normalized spacial score (nSPS) is 19.8. The Kier molecular flexibility index (Phi) is 5.13. The first-order valence-corrected chi connectivity index (χ1v) is 9.57. The topological polar surface area (TPSA) is 78.9 Å². The number of amides is 3. The Hall–Kier alpha value is -3.45. The van der Waals surface area contributed by atoms with Gasteiger partial charge in [-0.2, -0.15) is 0 Å². The molecule has 3 aromatic rings. The van der Waals surface area contributed by atoms with Crippen LogP contribution in [0.15, 0.2) is 66.7 Å². The molecular formula is C23H21FN2O4. The zero-order chi connectivity index (χ0) is 21.3. The lowest BCUT2D eigenvalue weighted by atomic mass is 9.90. The molecule has 30 heavy (non-hydrogen) atoms. The number of aliphatic hydroxyl groups excluding tert-OH is 1. The summed E-state index contributed by atoms with van der Waals surface area (Å²) in [7, 11) is 0. The highest BCUT2D eigenvalue weighted by molar-refractivity contribution is 6.07. The van der Waals surface area contributed by atoms with Gasteiger partial charge >= 0.3 is 6.03 Å². The van der Waals surface area contributed by atoms with Crippen molar-refractivity contribution in [2.75, 3.05) is 13.2 Å². The highest BCUT2D eigenvalue weighted by atomic mass is 19.1. The monoisotopic (exact) mass is 408 g/mol. The van der Waals surface area contributed by atoms with E-state index in [9.17, 15) is 19.1 Å². The van der Waals surface area contributed by atoms with E-state index in [1.54, 1.807) is 13.0 Å². The summed E-state index contributed by atoms with van der Waals surface area (Å²) >= 11 is 0. The van der Waals surface area contributed by atoms with Crippen LogP contribution in [0, 0.1) is 5.82 Å². The van der Waals surface area contributed by atoms with Gasteiger partial charge in [-0.1, -0.05) is 48.5 Å². The van der Waals surface area contributed by atoms with Gasteiger partial charge in [-0.05, 0) is 41.5 Å². The summed E-state index contributed by atoms with van der Waals surface area (Å²) in [5, 5.41) is 15.0. The molecule has 3 amide bonds. The maximum atomic E-state index is 13.6. The molecule has 1 aliphatic heterocycles. The Morgan fingerprint density at radius 1 is 1.07 bits per heavy atom. The first-order chi connectivity index (χ1) is 14.4. The van der Waals surface area contributed by atoms with Crippen LogP contribution in [-0.2, 0) is 10.3 Å². The number of carbonyl (C=O) groups excluding carboxylic acids is 2. The van der Waals surface area contributed by atoms with Crippen molar-refractivity contribution in [3.63, 3.8) is 0 Å². The summed E-state index contributed by atoms with van der Waals surface area (Å²) in [6.07, 6.45) is -1.17. The molecule has 1 aliphatic rings. The number of fused-ring (bicyclic) bond motifs is 1. The molecule has 2 N–H and O–H groups in total. The van der Waals surface area contributed by atoms with E-state index in [1.165, 1.54) is 18.2 Å². The zero-order valence-electron chi connectivity index (χ0n) is 16.3. The molecule has 7 heteroatoms. The minimum absolute atomic E-state index is 0.00486. The number of aliphatic hydroxyl groups is 1. The van der Waals surface area contributed by atoms with Crippen molar-refractivity contribution in [1.29, 1.82) is 0 Å². The summed E-state index contributed by atoms with van der Waals surface area (Å²) in [4.78, 5) is 26.5. The van der Waals surface area contributed by atoms with E-state index >= 15 is 0 Å². The average molecular weight is 408 g/mol. The number of para-hydroxylation sites is 1. The van der Waals surface area contributed by atoms with Gasteiger partial charge in [0.25, 0.3) is 5.91 Å². The van der Waals surface area contributed by atoms with Crippen molar-refractivity contribution in [3.05, 3.63) is 78.1 Å². The maximum Gasteiger partial charge on any atom is 0.325 e. The van der Waals surface area contributed by atoms with E-state index in [2.05, 4.69) is 5.32 Å².